The van der Waals surface area contributed by atoms with Gasteiger partial charge in [0.25, 0.3) is 0 Å². The first-order valence-corrected chi connectivity index (χ1v) is 7.79. The van der Waals surface area contributed by atoms with Gasteiger partial charge in [0.2, 0.25) is 11.8 Å². The Morgan fingerprint density at radius 3 is 2.42 bits per heavy atom. The SMILES string of the molecule is CC[C@@H](C)[C@@H](NC(=O)[C@H](Cc1cccc(F)c1)NC(C)=O)C(=O)O. The first-order chi connectivity index (χ1) is 11.2. The fourth-order valence-electron chi connectivity index (χ4n) is 2.29. The number of carbonyl (C=O) groups excluding carboxylic acids is 2. The molecule has 0 aromatic heterocycles. The van der Waals surface area contributed by atoms with Crippen LogP contribution in [0.25, 0.3) is 0 Å². The maximum Gasteiger partial charge on any atom is 0.326 e. The van der Waals surface area contributed by atoms with Crippen LogP contribution >= 0.6 is 0 Å². The van der Waals surface area contributed by atoms with E-state index in [1.807, 2.05) is 6.92 Å². The maximum absolute atomic E-state index is 13.3. The minimum atomic E-state index is -1.13. The van der Waals surface area contributed by atoms with Gasteiger partial charge < -0.3 is 15.7 Å². The molecule has 0 aliphatic heterocycles. The highest BCUT2D eigenvalue weighted by atomic mass is 19.1. The van der Waals surface area contributed by atoms with Crippen molar-refractivity contribution in [3.05, 3.63) is 35.6 Å². The van der Waals surface area contributed by atoms with Gasteiger partial charge in [0.1, 0.15) is 17.9 Å². The van der Waals surface area contributed by atoms with Crippen LogP contribution in [-0.4, -0.2) is 35.0 Å². The smallest absolute Gasteiger partial charge is 0.326 e. The second-order valence-corrected chi connectivity index (χ2v) is 5.80. The molecule has 0 bridgehead atoms. The Morgan fingerprint density at radius 1 is 1.25 bits per heavy atom. The second kappa shape index (κ2) is 9.00. The number of amides is 2. The Bertz CT molecular complexity index is 606. The van der Waals surface area contributed by atoms with Crippen LogP contribution in [0.15, 0.2) is 24.3 Å². The van der Waals surface area contributed by atoms with E-state index in [9.17, 15) is 23.9 Å². The molecule has 3 N–H and O–H groups in total. The Kier molecular flexibility index (Phi) is 7.35. The summed E-state index contributed by atoms with van der Waals surface area (Å²) in [5.74, 6) is -2.88. The number of nitrogens with one attached hydrogen (secondary N) is 2. The summed E-state index contributed by atoms with van der Waals surface area (Å²) in [6, 6.07) is 3.66. The van der Waals surface area contributed by atoms with Crippen LogP contribution in [0.4, 0.5) is 4.39 Å². The Labute approximate surface area is 140 Å². The zero-order chi connectivity index (χ0) is 18.3. The fourth-order valence-corrected chi connectivity index (χ4v) is 2.29. The lowest BCUT2D eigenvalue weighted by Crippen LogP contribution is -2.53. The molecule has 0 unspecified atom stereocenters. The summed E-state index contributed by atoms with van der Waals surface area (Å²) < 4.78 is 13.3. The van der Waals surface area contributed by atoms with Crippen LogP contribution in [-0.2, 0) is 20.8 Å². The monoisotopic (exact) mass is 338 g/mol. The summed E-state index contributed by atoms with van der Waals surface area (Å²) in [7, 11) is 0. The van der Waals surface area contributed by atoms with Crippen LogP contribution < -0.4 is 10.6 Å². The third-order valence-corrected chi connectivity index (χ3v) is 3.80. The molecule has 24 heavy (non-hydrogen) atoms. The Morgan fingerprint density at radius 2 is 1.92 bits per heavy atom. The molecule has 0 radical (unpaired) electrons. The summed E-state index contributed by atoms with van der Waals surface area (Å²) in [5.41, 5.74) is 0.527. The van der Waals surface area contributed by atoms with Crippen LogP contribution in [0, 0.1) is 11.7 Å². The van der Waals surface area contributed by atoms with Gasteiger partial charge in [0, 0.05) is 13.3 Å². The van der Waals surface area contributed by atoms with Crippen molar-refractivity contribution in [1.29, 1.82) is 0 Å². The normalized spacial score (nSPS) is 14.3. The lowest BCUT2D eigenvalue weighted by molar-refractivity contribution is -0.143. The summed E-state index contributed by atoms with van der Waals surface area (Å²) in [6.45, 7) is 4.80. The van der Waals surface area contributed by atoms with Crippen LogP contribution in [0.2, 0.25) is 0 Å². The van der Waals surface area contributed by atoms with Crippen molar-refractivity contribution in [2.75, 3.05) is 0 Å². The van der Waals surface area contributed by atoms with E-state index in [0.29, 0.717) is 12.0 Å². The maximum atomic E-state index is 13.3. The summed E-state index contributed by atoms with van der Waals surface area (Å²) in [5, 5.41) is 14.2. The van der Waals surface area contributed by atoms with Gasteiger partial charge in [-0.05, 0) is 23.6 Å². The van der Waals surface area contributed by atoms with Gasteiger partial charge in [-0.3, -0.25) is 9.59 Å². The molecule has 1 rings (SSSR count). The van der Waals surface area contributed by atoms with Crippen molar-refractivity contribution in [3.8, 4) is 0 Å². The van der Waals surface area contributed by atoms with Gasteiger partial charge in [-0.25, -0.2) is 9.18 Å². The van der Waals surface area contributed by atoms with Crippen molar-refractivity contribution >= 4 is 17.8 Å². The van der Waals surface area contributed by atoms with E-state index in [4.69, 9.17) is 0 Å². The van der Waals surface area contributed by atoms with Gasteiger partial charge in [0.05, 0.1) is 0 Å². The number of benzene rings is 1. The van der Waals surface area contributed by atoms with E-state index in [-0.39, 0.29) is 12.3 Å². The van der Waals surface area contributed by atoms with Crippen LogP contribution in [0.5, 0.6) is 0 Å². The highest BCUT2D eigenvalue weighted by Gasteiger charge is 2.29. The van der Waals surface area contributed by atoms with Gasteiger partial charge in [-0.2, -0.15) is 0 Å². The van der Waals surface area contributed by atoms with E-state index >= 15 is 0 Å². The van der Waals surface area contributed by atoms with E-state index in [1.165, 1.54) is 25.1 Å². The molecule has 0 spiro atoms. The van der Waals surface area contributed by atoms with Gasteiger partial charge in [-0.15, -0.1) is 0 Å². The first-order valence-electron chi connectivity index (χ1n) is 7.79. The summed E-state index contributed by atoms with van der Waals surface area (Å²) in [6.07, 6.45) is 0.641. The van der Waals surface area contributed by atoms with Crippen LogP contribution in [0.1, 0.15) is 32.8 Å². The zero-order valence-corrected chi connectivity index (χ0v) is 14.0. The van der Waals surface area contributed by atoms with E-state index in [0.717, 1.165) is 0 Å². The molecule has 0 heterocycles. The molecular formula is C17H23FN2O4. The van der Waals surface area contributed by atoms with E-state index < -0.39 is 35.7 Å². The number of carboxylic acid groups (broad SMARTS) is 1. The molecule has 0 aliphatic carbocycles. The van der Waals surface area contributed by atoms with Gasteiger partial charge in [-0.1, -0.05) is 32.4 Å². The highest BCUT2D eigenvalue weighted by molar-refractivity contribution is 5.90. The third kappa shape index (κ3) is 5.98. The van der Waals surface area contributed by atoms with E-state index in [2.05, 4.69) is 10.6 Å². The number of halogens is 1. The summed E-state index contributed by atoms with van der Waals surface area (Å²) in [4.78, 5) is 35.1. The van der Waals surface area contributed by atoms with Crippen LogP contribution in [0.3, 0.4) is 0 Å². The first kappa shape index (κ1) is 19.6. The van der Waals surface area contributed by atoms with Crippen molar-refractivity contribution in [1.82, 2.24) is 10.6 Å². The van der Waals surface area contributed by atoms with Gasteiger partial charge >= 0.3 is 5.97 Å². The minimum Gasteiger partial charge on any atom is -0.480 e. The molecule has 7 heteroatoms. The summed E-state index contributed by atoms with van der Waals surface area (Å²) >= 11 is 0. The van der Waals surface area contributed by atoms with Crippen molar-refractivity contribution in [3.63, 3.8) is 0 Å². The molecule has 1 aromatic rings. The van der Waals surface area contributed by atoms with E-state index in [1.54, 1.807) is 13.0 Å². The minimum absolute atomic E-state index is 0.0655. The largest absolute Gasteiger partial charge is 0.480 e. The molecule has 0 saturated heterocycles. The predicted molar refractivity (Wildman–Crippen MR) is 86.7 cm³/mol. The average Bonchev–Trinajstić information content (AvgIpc) is 2.50. The molecule has 0 aliphatic rings. The molecule has 3 atom stereocenters. The number of carboxylic acids is 1. The lowest BCUT2D eigenvalue weighted by Gasteiger charge is -2.24. The number of aliphatic carboxylic acids is 1. The predicted octanol–water partition coefficient (Wildman–Crippen LogP) is 1.49. The lowest BCUT2D eigenvalue weighted by atomic mass is 9.98. The fraction of sp³-hybridized carbons (Fsp3) is 0.471. The number of rotatable bonds is 8. The number of hydrogen-bond acceptors (Lipinski definition) is 3. The van der Waals surface area contributed by atoms with Crippen molar-refractivity contribution < 1.29 is 23.9 Å². The molecular weight excluding hydrogens is 315 g/mol. The van der Waals surface area contributed by atoms with Crippen molar-refractivity contribution in [2.45, 2.75) is 45.7 Å². The van der Waals surface area contributed by atoms with Gasteiger partial charge in [0.15, 0.2) is 0 Å². The third-order valence-electron chi connectivity index (χ3n) is 3.80. The van der Waals surface area contributed by atoms with Crippen molar-refractivity contribution in [2.24, 2.45) is 5.92 Å². The molecule has 6 nitrogen and oxygen atoms in total. The standard InChI is InChI=1S/C17H23FN2O4/c1-4-10(2)15(17(23)24)20-16(22)14(19-11(3)21)9-12-6-5-7-13(18)8-12/h5-8,10,14-15H,4,9H2,1-3H3,(H,19,21)(H,20,22)(H,23,24)/t10-,14+,15-/m1/s1. The topological polar surface area (TPSA) is 95.5 Å². The Hall–Kier alpha value is -2.44. The number of carbonyl (C=O) groups is 3. The molecule has 0 fully saturated rings. The zero-order valence-electron chi connectivity index (χ0n) is 14.0. The Balaban J connectivity index is 2.91. The molecule has 132 valence electrons. The second-order valence-electron chi connectivity index (χ2n) is 5.80. The molecule has 2 amide bonds. The highest BCUT2D eigenvalue weighted by Crippen LogP contribution is 2.10. The molecule has 1 aromatic carbocycles. The molecule has 0 saturated carbocycles. The average molecular weight is 338 g/mol. The quantitative estimate of drug-likeness (QED) is 0.669. The number of hydrogen-bond donors (Lipinski definition) is 3.